The Hall–Kier alpha value is -4.95. The third kappa shape index (κ3) is 5.82. The van der Waals surface area contributed by atoms with Gasteiger partial charge in [-0.05, 0) is 43.0 Å². The lowest BCUT2D eigenvalue weighted by atomic mass is 9.99. The van der Waals surface area contributed by atoms with Crippen LogP contribution in [-0.4, -0.2) is 85.5 Å². The number of benzene rings is 2. The van der Waals surface area contributed by atoms with Gasteiger partial charge in [-0.15, -0.1) is 0 Å². The van der Waals surface area contributed by atoms with E-state index in [4.69, 9.17) is 32.9 Å². The Morgan fingerprint density at radius 1 is 1.02 bits per heavy atom. The molecule has 0 unspecified atom stereocenters. The molecule has 274 valence electrons. The van der Waals surface area contributed by atoms with Crippen molar-refractivity contribution in [3.63, 3.8) is 0 Å². The largest absolute Gasteiger partial charge is 0.481 e. The van der Waals surface area contributed by atoms with E-state index in [1.165, 1.54) is 17.8 Å². The van der Waals surface area contributed by atoms with E-state index in [9.17, 15) is 19.5 Å². The molecule has 2 atom stereocenters. The van der Waals surface area contributed by atoms with Gasteiger partial charge in [0.1, 0.15) is 11.2 Å². The van der Waals surface area contributed by atoms with Gasteiger partial charge in [-0.2, -0.15) is 0 Å². The van der Waals surface area contributed by atoms with Gasteiger partial charge in [-0.3, -0.25) is 18.8 Å². The molecular formula is C38H38Cl2N8O5. The number of hydrogen-bond donors (Lipinski definition) is 3. The van der Waals surface area contributed by atoms with Crippen LogP contribution in [0.15, 0.2) is 64.3 Å². The van der Waals surface area contributed by atoms with Gasteiger partial charge < -0.3 is 25.4 Å². The first-order valence-corrected chi connectivity index (χ1v) is 18.2. The van der Waals surface area contributed by atoms with Crippen LogP contribution in [-0.2, 0) is 20.5 Å². The lowest BCUT2D eigenvalue weighted by Crippen LogP contribution is -2.46. The fraction of sp³-hybridized carbons (Fsp3) is 0.342. The van der Waals surface area contributed by atoms with Crippen molar-refractivity contribution in [3.8, 4) is 28.3 Å². The van der Waals surface area contributed by atoms with E-state index < -0.39 is 11.2 Å². The number of aliphatic hydroxyl groups excluding tert-OH is 1. The number of pyridine rings is 2. The minimum absolute atomic E-state index is 0.0598. The van der Waals surface area contributed by atoms with Crippen molar-refractivity contribution in [2.75, 3.05) is 45.2 Å². The number of hydrogen-bond acceptors (Lipinski definition) is 9. The zero-order chi connectivity index (χ0) is 37.2. The lowest BCUT2D eigenvalue weighted by Gasteiger charge is -2.28. The van der Waals surface area contributed by atoms with E-state index in [1.807, 2.05) is 30.3 Å². The van der Waals surface area contributed by atoms with Crippen LogP contribution in [0.4, 0.5) is 16.3 Å². The first-order chi connectivity index (χ1) is 25.5. The van der Waals surface area contributed by atoms with Crippen molar-refractivity contribution >= 4 is 51.6 Å². The van der Waals surface area contributed by atoms with Gasteiger partial charge in [-0.1, -0.05) is 53.5 Å². The quantitative estimate of drug-likeness (QED) is 0.202. The van der Waals surface area contributed by atoms with Gasteiger partial charge in [0.05, 0.1) is 46.2 Å². The van der Waals surface area contributed by atoms with Gasteiger partial charge in [0, 0.05) is 74.8 Å². The molecule has 2 saturated heterocycles. The van der Waals surface area contributed by atoms with Gasteiger partial charge in [-0.25, -0.2) is 19.6 Å². The van der Waals surface area contributed by atoms with E-state index in [0.29, 0.717) is 63.6 Å². The zero-order valence-corrected chi connectivity index (χ0v) is 31.0. The molecule has 5 heterocycles. The smallest absolute Gasteiger partial charge is 0.330 e. The second-order valence-electron chi connectivity index (χ2n) is 13.9. The fourth-order valence-electron chi connectivity index (χ4n) is 8.25. The van der Waals surface area contributed by atoms with Crippen molar-refractivity contribution in [1.82, 2.24) is 34.2 Å². The number of nitrogens with zero attached hydrogens (tertiary/aromatic N) is 6. The second kappa shape index (κ2) is 13.5. The summed E-state index contributed by atoms with van der Waals surface area (Å²) < 4.78 is 8.39. The van der Waals surface area contributed by atoms with Gasteiger partial charge in [0.25, 0.3) is 5.56 Å². The maximum absolute atomic E-state index is 13.2. The summed E-state index contributed by atoms with van der Waals surface area (Å²) in [6, 6.07) is 14.9. The first kappa shape index (κ1) is 35.1. The van der Waals surface area contributed by atoms with Crippen LogP contribution in [0.5, 0.6) is 5.88 Å². The molecule has 0 saturated carbocycles. The molecule has 2 amide bonds. The number of rotatable bonds is 8. The maximum atomic E-state index is 13.2. The topological polar surface area (TPSA) is 147 Å². The number of carbonyl (C=O) groups is 1. The number of amides is 2. The monoisotopic (exact) mass is 756 g/mol. The predicted molar refractivity (Wildman–Crippen MR) is 204 cm³/mol. The maximum Gasteiger partial charge on any atom is 0.330 e. The SMILES string of the molecule is COc1nc(-c2cccc(-c3cccc(Nc4nccc5c4c(=O)n(C)c(=O)n5C)c3Cl)c2Cl)cc2c1[C@H](N1CC[C@]3(CN(CCO)C(=O)N3)C1)CC2. The number of fused-ring (bicyclic) bond motifs is 2. The summed E-state index contributed by atoms with van der Waals surface area (Å²) in [5.41, 5.74) is 4.68. The number of urea groups is 1. The highest BCUT2D eigenvalue weighted by Crippen LogP contribution is 2.47. The van der Waals surface area contributed by atoms with Gasteiger partial charge in [0.2, 0.25) is 5.88 Å². The minimum Gasteiger partial charge on any atom is -0.481 e. The molecule has 2 fully saturated rings. The molecule has 0 radical (unpaired) electrons. The number of carbonyl (C=O) groups excluding carboxylic acids is 1. The van der Waals surface area contributed by atoms with Crippen LogP contribution in [0.25, 0.3) is 33.3 Å². The van der Waals surface area contributed by atoms with Crippen molar-refractivity contribution in [1.29, 1.82) is 0 Å². The highest BCUT2D eigenvalue weighted by atomic mass is 35.5. The van der Waals surface area contributed by atoms with E-state index >= 15 is 0 Å². The van der Waals surface area contributed by atoms with E-state index in [1.54, 1.807) is 31.2 Å². The number of aliphatic hydroxyl groups is 1. The standard InChI is InChI=1S/C38H38Cl2N8O5/c1-45-27-12-14-41-33(30(27)35(50)46(2)37(45)52)42-25-9-5-7-23(32(25)40)22-6-4-8-24(31(22)39)26-18-21-10-11-28(29(21)34(43-26)53-3)47-15-13-38(19-47)20-48(16-17-49)36(51)44-38/h4-9,12,14,18,28,49H,10-11,13,15-17,19-20H2,1-3H3,(H,41,42)(H,44,51)/t28-,38-/m1/s1. The molecule has 13 nitrogen and oxygen atoms in total. The third-order valence-electron chi connectivity index (χ3n) is 10.9. The third-order valence-corrected chi connectivity index (χ3v) is 11.7. The zero-order valence-electron chi connectivity index (χ0n) is 29.4. The number of halogens is 2. The Bertz CT molecular complexity index is 2430. The summed E-state index contributed by atoms with van der Waals surface area (Å²) >= 11 is 14.3. The number of aromatic nitrogens is 4. The molecule has 1 aliphatic carbocycles. The van der Waals surface area contributed by atoms with Crippen LogP contribution in [0.1, 0.15) is 30.0 Å². The van der Waals surface area contributed by atoms with Crippen molar-refractivity contribution in [3.05, 3.63) is 96.7 Å². The summed E-state index contributed by atoms with van der Waals surface area (Å²) in [5.74, 6) is 0.821. The van der Waals surface area contributed by atoms with Crippen LogP contribution in [0.3, 0.4) is 0 Å². The number of nitrogens with one attached hydrogen (secondary N) is 2. The van der Waals surface area contributed by atoms with Crippen LogP contribution < -0.4 is 26.6 Å². The van der Waals surface area contributed by atoms with Crippen LogP contribution in [0, 0.1) is 0 Å². The minimum atomic E-state index is -0.470. The Morgan fingerprint density at radius 2 is 1.77 bits per heavy atom. The molecule has 0 bridgehead atoms. The Morgan fingerprint density at radius 3 is 2.55 bits per heavy atom. The molecule has 2 aromatic carbocycles. The van der Waals surface area contributed by atoms with Gasteiger partial charge >= 0.3 is 11.7 Å². The molecule has 53 heavy (non-hydrogen) atoms. The summed E-state index contributed by atoms with van der Waals surface area (Å²) in [7, 11) is 4.67. The lowest BCUT2D eigenvalue weighted by molar-refractivity contribution is 0.193. The first-order valence-electron chi connectivity index (χ1n) is 17.4. The molecule has 3 aromatic heterocycles. The Kier molecular flexibility index (Phi) is 8.92. The predicted octanol–water partition coefficient (Wildman–Crippen LogP) is 4.87. The number of methoxy groups -OCH3 is 1. The summed E-state index contributed by atoms with van der Waals surface area (Å²) in [5, 5.41) is 16.9. The molecule has 2 aliphatic heterocycles. The number of likely N-dealkylation sites (tertiary alicyclic amines) is 1. The molecule has 1 spiro atoms. The summed E-state index contributed by atoms with van der Waals surface area (Å²) in [4.78, 5) is 51.8. The number of ether oxygens (including phenoxy) is 1. The average molecular weight is 758 g/mol. The van der Waals surface area contributed by atoms with Crippen LogP contribution >= 0.6 is 23.2 Å². The normalized spacial score (nSPS) is 19.7. The van der Waals surface area contributed by atoms with Crippen molar-refractivity contribution < 1.29 is 14.6 Å². The van der Waals surface area contributed by atoms with Crippen molar-refractivity contribution in [2.45, 2.75) is 30.8 Å². The van der Waals surface area contributed by atoms with E-state index in [-0.39, 0.29) is 35.4 Å². The summed E-state index contributed by atoms with van der Waals surface area (Å²) in [6.45, 7) is 2.39. The average Bonchev–Trinajstić information content (AvgIpc) is 3.86. The highest BCUT2D eigenvalue weighted by molar-refractivity contribution is 6.39. The van der Waals surface area contributed by atoms with E-state index in [2.05, 4.69) is 26.6 Å². The Labute approximate surface area is 314 Å². The fourth-order valence-corrected chi connectivity index (χ4v) is 8.85. The van der Waals surface area contributed by atoms with Crippen molar-refractivity contribution in [2.24, 2.45) is 14.1 Å². The number of anilines is 2. The Balaban J connectivity index is 1.10. The molecule has 3 N–H and O–H groups in total. The van der Waals surface area contributed by atoms with Gasteiger partial charge in [0.15, 0.2) is 0 Å². The second-order valence-corrected chi connectivity index (χ2v) is 14.7. The highest BCUT2D eigenvalue weighted by Gasteiger charge is 2.49. The molecular weight excluding hydrogens is 719 g/mol. The number of aryl methyl sites for hydroxylation is 2. The summed E-state index contributed by atoms with van der Waals surface area (Å²) in [6.07, 6.45) is 4.11. The molecule has 5 aromatic rings. The molecule has 15 heteroatoms. The number of β-amino-alcohol motifs (C(OH)–C–C–N with tert-alkyl or cyclic N) is 1. The van der Waals surface area contributed by atoms with E-state index in [0.717, 1.165) is 47.1 Å². The molecule has 3 aliphatic rings. The van der Waals surface area contributed by atoms with Crippen LogP contribution in [0.2, 0.25) is 10.0 Å². The molecule has 8 rings (SSSR count).